The van der Waals surface area contributed by atoms with Gasteiger partial charge in [0.25, 0.3) is 0 Å². The molecule has 2 aromatic rings. The lowest BCUT2D eigenvalue weighted by Crippen LogP contribution is -2.46. The van der Waals surface area contributed by atoms with Gasteiger partial charge < -0.3 is 19.8 Å². The third kappa shape index (κ3) is 5.99. The van der Waals surface area contributed by atoms with Gasteiger partial charge in [-0.15, -0.1) is 0 Å². The van der Waals surface area contributed by atoms with Crippen LogP contribution in [-0.4, -0.2) is 57.3 Å². The molecule has 1 saturated heterocycles. The van der Waals surface area contributed by atoms with E-state index in [4.69, 9.17) is 20.8 Å². The number of rotatable bonds is 7. The zero-order valence-electron chi connectivity index (χ0n) is 16.6. The molecule has 1 unspecified atom stereocenters. The van der Waals surface area contributed by atoms with Gasteiger partial charge in [0.05, 0.1) is 19.3 Å². The van der Waals surface area contributed by atoms with Crippen LogP contribution in [-0.2, 0) is 11.2 Å². The first kappa shape index (κ1) is 20.7. The summed E-state index contributed by atoms with van der Waals surface area (Å²) in [7, 11) is 1.79. The molecule has 152 valence electrons. The van der Waals surface area contributed by atoms with E-state index in [1.165, 1.54) is 5.56 Å². The third-order valence-electron chi connectivity index (χ3n) is 4.86. The molecule has 7 heteroatoms. The maximum atomic E-state index is 6.05. The predicted octanol–water partition coefficient (Wildman–Crippen LogP) is 3.02. The number of furan rings is 1. The van der Waals surface area contributed by atoms with E-state index in [9.17, 15) is 0 Å². The normalized spacial score (nSPS) is 16.8. The van der Waals surface area contributed by atoms with Gasteiger partial charge in [0, 0.05) is 38.2 Å². The first-order chi connectivity index (χ1) is 13.7. The molecular formula is C21H29ClN4O2. The summed E-state index contributed by atoms with van der Waals surface area (Å²) >= 11 is 6.05. The smallest absolute Gasteiger partial charge is 0.191 e. The molecule has 0 amide bonds. The minimum Gasteiger partial charge on any atom is -0.465 e. The summed E-state index contributed by atoms with van der Waals surface area (Å²) in [6, 6.07) is 12.2. The lowest BCUT2D eigenvalue weighted by atomic mass is 10.1. The fraction of sp³-hybridized carbons (Fsp3) is 0.476. The van der Waals surface area contributed by atoms with Crippen LogP contribution in [0.15, 0.2) is 45.8 Å². The number of nitrogens with one attached hydrogen (secondary N) is 2. The largest absolute Gasteiger partial charge is 0.465 e. The number of nitrogens with zero attached hydrogens (tertiary/aromatic N) is 2. The average molecular weight is 405 g/mol. The summed E-state index contributed by atoms with van der Waals surface area (Å²) < 4.78 is 11.4. The molecular weight excluding hydrogens is 376 g/mol. The van der Waals surface area contributed by atoms with Gasteiger partial charge in [0.2, 0.25) is 0 Å². The van der Waals surface area contributed by atoms with Crippen LogP contribution >= 0.6 is 11.6 Å². The van der Waals surface area contributed by atoms with E-state index in [1.54, 1.807) is 7.05 Å². The van der Waals surface area contributed by atoms with E-state index in [-0.39, 0.29) is 6.04 Å². The first-order valence-corrected chi connectivity index (χ1v) is 10.1. The molecule has 3 rings (SSSR count). The Balaban J connectivity index is 1.54. The van der Waals surface area contributed by atoms with Crippen molar-refractivity contribution in [2.75, 3.05) is 46.4 Å². The SMILES string of the molecule is CN=C(NCCc1cccc(Cl)c1)NCC(c1ccc(C)o1)N1CCOCC1. The van der Waals surface area contributed by atoms with Crippen LogP contribution in [0, 0.1) is 6.92 Å². The highest BCUT2D eigenvalue weighted by molar-refractivity contribution is 6.30. The van der Waals surface area contributed by atoms with E-state index in [0.717, 1.165) is 61.8 Å². The number of aliphatic imine (C=N–C) groups is 1. The second-order valence-corrected chi connectivity index (χ2v) is 7.31. The van der Waals surface area contributed by atoms with E-state index in [0.29, 0.717) is 6.54 Å². The standard InChI is InChI=1S/C21H29ClN4O2/c1-16-6-7-20(28-16)19(26-10-12-27-13-11-26)15-25-21(23-2)24-9-8-17-4-3-5-18(22)14-17/h3-7,14,19H,8-13,15H2,1-2H3,(H2,23,24,25). The Labute approximate surface area is 171 Å². The van der Waals surface area contributed by atoms with Crippen LogP contribution in [0.5, 0.6) is 0 Å². The molecule has 1 aliphatic heterocycles. The topological polar surface area (TPSA) is 62.0 Å². The molecule has 28 heavy (non-hydrogen) atoms. The number of hydrogen-bond donors (Lipinski definition) is 2. The summed E-state index contributed by atoms with van der Waals surface area (Å²) in [5, 5.41) is 7.58. The highest BCUT2D eigenvalue weighted by atomic mass is 35.5. The Hall–Kier alpha value is -2.02. The molecule has 6 nitrogen and oxygen atoms in total. The summed E-state index contributed by atoms with van der Waals surface area (Å²) in [6.45, 7) is 6.76. The van der Waals surface area contributed by atoms with Gasteiger partial charge in [0.15, 0.2) is 5.96 Å². The molecule has 2 N–H and O–H groups in total. The van der Waals surface area contributed by atoms with Crippen LogP contribution in [0.1, 0.15) is 23.1 Å². The number of guanidine groups is 1. The van der Waals surface area contributed by atoms with Crippen molar-refractivity contribution in [1.29, 1.82) is 0 Å². The summed E-state index contributed by atoms with van der Waals surface area (Å²) in [6.07, 6.45) is 0.880. The second-order valence-electron chi connectivity index (χ2n) is 6.87. The first-order valence-electron chi connectivity index (χ1n) is 9.73. The van der Waals surface area contributed by atoms with Gasteiger partial charge in [-0.2, -0.15) is 0 Å². The van der Waals surface area contributed by atoms with Gasteiger partial charge in [-0.05, 0) is 43.2 Å². The van der Waals surface area contributed by atoms with Gasteiger partial charge in [-0.3, -0.25) is 9.89 Å². The van der Waals surface area contributed by atoms with E-state index in [1.807, 2.05) is 31.2 Å². The Bertz CT molecular complexity index is 771. The Morgan fingerprint density at radius 1 is 1.21 bits per heavy atom. The maximum absolute atomic E-state index is 6.05. The van der Waals surface area contributed by atoms with Gasteiger partial charge in [-0.1, -0.05) is 23.7 Å². The summed E-state index contributed by atoms with van der Waals surface area (Å²) in [4.78, 5) is 6.74. The Kier molecular flexibility index (Phi) is 7.77. The maximum Gasteiger partial charge on any atom is 0.191 e. The van der Waals surface area contributed by atoms with E-state index < -0.39 is 0 Å². The number of aryl methyl sites for hydroxylation is 1. The molecule has 2 heterocycles. The lowest BCUT2D eigenvalue weighted by molar-refractivity contribution is 0.0124. The lowest BCUT2D eigenvalue weighted by Gasteiger charge is -2.33. The van der Waals surface area contributed by atoms with Crippen molar-refractivity contribution in [3.05, 3.63) is 58.5 Å². The molecule has 1 fully saturated rings. The second kappa shape index (κ2) is 10.5. The van der Waals surface area contributed by atoms with Gasteiger partial charge in [0.1, 0.15) is 11.5 Å². The van der Waals surface area contributed by atoms with Crippen molar-refractivity contribution in [3.8, 4) is 0 Å². The number of ether oxygens (including phenoxy) is 1. The van der Waals surface area contributed by atoms with Crippen LogP contribution in [0.2, 0.25) is 5.02 Å². The zero-order valence-corrected chi connectivity index (χ0v) is 17.3. The van der Waals surface area contributed by atoms with Crippen molar-refractivity contribution in [1.82, 2.24) is 15.5 Å². The number of benzene rings is 1. The average Bonchev–Trinajstić information content (AvgIpc) is 3.13. The number of halogens is 1. The summed E-state index contributed by atoms with van der Waals surface area (Å²) in [5.74, 6) is 2.68. The summed E-state index contributed by atoms with van der Waals surface area (Å²) in [5.41, 5.74) is 1.20. The zero-order chi connectivity index (χ0) is 19.8. The Morgan fingerprint density at radius 3 is 2.71 bits per heavy atom. The Morgan fingerprint density at radius 2 is 2.04 bits per heavy atom. The van der Waals surface area contributed by atoms with Crippen molar-refractivity contribution in [2.24, 2.45) is 4.99 Å². The minimum atomic E-state index is 0.143. The quantitative estimate of drug-likeness (QED) is 0.548. The molecule has 0 spiro atoms. The van der Waals surface area contributed by atoms with Crippen molar-refractivity contribution in [3.63, 3.8) is 0 Å². The highest BCUT2D eigenvalue weighted by Crippen LogP contribution is 2.23. The predicted molar refractivity (Wildman–Crippen MR) is 113 cm³/mol. The van der Waals surface area contributed by atoms with Gasteiger partial charge >= 0.3 is 0 Å². The monoisotopic (exact) mass is 404 g/mol. The highest BCUT2D eigenvalue weighted by Gasteiger charge is 2.25. The number of morpholine rings is 1. The van der Waals surface area contributed by atoms with Gasteiger partial charge in [-0.25, -0.2) is 0 Å². The number of hydrogen-bond acceptors (Lipinski definition) is 4. The van der Waals surface area contributed by atoms with Crippen molar-refractivity contribution < 1.29 is 9.15 Å². The molecule has 1 aromatic heterocycles. The van der Waals surface area contributed by atoms with E-state index in [2.05, 4.69) is 32.7 Å². The van der Waals surface area contributed by atoms with Crippen LogP contribution in [0.4, 0.5) is 0 Å². The van der Waals surface area contributed by atoms with Crippen LogP contribution in [0.25, 0.3) is 0 Å². The van der Waals surface area contributed by atoms with Crippen molar-refractivity contribution >= 4 is 17.6 Å². The molecule has 0 bridgehead atoms. The molecule has 1 aromatic carbocycles. The third-order valence-corrected chi connectivity index (χ3v) is 5.09. The molecule has 0 radical (unpaired) electrons. The fourth-order valence-electron chi connectivity index (χ4n) is 3.36. The van der Waals surface area contributed by atoms with Crippen LogP contribution in [0.3, 0.4) is 0 Å². The fourth-order valence-corrected chi connectivity index (χ4v) is 3.58. The van der Waals surface area contributed by atoms with Crippen LogP contribution < -0.4 is 10.6 Å². The minimum absolute atomic E-state index is 0.143. The molecule has 0 aliphatic carbocycles. The van der Waals surface area contributed by atoms with Crippen molar-refractivity contribution in [2.45, 2.75) is 19.4 Å². The van der Waals surface area contributed by atoms with E-state index >= 15 is 0 Å². The molecule has 1 atom stereocenters. The molecule has 0 saturated carbocycles. The molecule has 1 aliphatic rings.